The molecule has 1 rings (SSSR count). The zero-order valence-corrected chi connectivity index (χ0v) is 10.2. The first kappa shape index (κ1) is 13.8. The fraction of sp³-hybridized carbons (Fsp3) is 0.818. The summed E-state index contributed by atoms with van der Waals surface area (Å²) in [7, 11) is 0. The summed E-state index contributed by atoms with van der Waals surface area (Å²) in [6.07, 6.45) is 2.24. The molecule has 1 unspecified atom stereocenters. The lowest BCUT2D eigenvalue weighted by Gasteiger charge is -2.31. The van der Waals surface area contributed by atoms with E-state index in [0.29, 0.717) is 19.5 Å². The first-order valence-electron chi connectivity index (χ1n) is 6.04. The molecule has 1 heterocycles. The van der Waals surface area contributed by atoms with Gasteiger partial charge in [-0.3, -0.25) is 4.79 Å². The topological polar surface area (TPSA) is 95.7 Å². The van der Waals surface area contributed by atoms with E-state index in [0.717, 1.165) is 12.8 Å². The number of nitrogens with two attached hydrogens (primary N) is 1. The lowest BCUT2D eigenvalue weighted by atomic mass is 9.97. The minimum atomic E-state index is -0.475. The lowest BCUT2D eigenvalue weighted by molar-refractivity contribution is -0.127. The Morgan fingerprint density at radius 2 is 2.29 bits per heavy atom. The van der Waals surface area contributed by atoms with Crippen LogP contribution in [0.15, 0.2) is 0 Å². The molecule has 0 aromatic heterocycles. The second-order valence-corrected chi connectivity index (χ2v) is 4.42. The standard InChI is InChI=1S/C11H21N3O3/c1-2-9(7-15)13-10(16)8-4-3-5-14(6-8)11(12)17/h8-9,15H,2-7H2,1H3,(H2,12,17)(H,13,16)/t8?,9-/m0/s1. The van der Waals surface area contributed by atoms with Crippen molar-refractivity contribution in [3.63, 3.8) is 0 Å². The van der Waals surface area contributed by atoms with E-state index in [9.17, 15) is 9.59 Å². The number of urea groups is 1. The van der Waals surface area contributed by atoms with Crippen LogP contribution in [0.1, 0.15) is 26.2 Å². The molecule has 17 heavy (non-hydrogen) atoms. The van der Waals surface area contributed by atoms with E-state index in [1.165, 1.54) is 4.90 Å². The highest BCUT2D eigenvalue weighted by Gasteiger charge is 2.28. The van der Waals surface area contributed by atoms with Crippen LogP contribution in [0.25, 0.3) is 0 Å². The van der Waals surface area contributed by atoms with Gasteiger partial charge in [-0.1, -0.05) is 6.92 Å². The number of carbonyl (C=O) groups is 2. The molecule has 0 aliphatic carbocycles. The number of likely N-dealkylation sites (tertiary alicyclic amines) is 1. The van der Waals surface area contributed by atoms with Gasteiger partial charge in [0.05, 0.1) is 18.6 Å². The molecule has 1 fully saturated rings. The highest BCUT2D eigenvalue weighted by molar-refractivity contribution is 5.80. The van der Waals surface area contributed by atoms with E-state index in [1.807, 2.05) is 6.92 Å². The van der Waals surface area contributed by atoms with E-state index in [-0.39, 0.29) is 24.5 Å². The fourth-order valence-corrected chi connectivity index (χ4v) is 1.99. The van der Waals surface area contributed by atoms with Crippen molar-refractivity contribution in [3.05, 3.63) is 0 Å². The molecule has 6 heteroatoms. The van der Waals surface area contributed by atoms with Crippen LogP contribution in [-0.4, -0.2) is 47.7 Å². The monoisotopic (exact) mass is 243 g/mol. The smallest absolute Gasteiger partial charge is 0.314 e. The summed E-state index contributed by atoms with van der Waals surface area (Å²) in [5.41, 5.74) is 5.20. The molecule has 0 spiro atoms. The highest BCUT2D eigenvalue weighted by atomic mass is 16.3. The summed E-state index contributed by atoms with van der Waals surface area (Å²) in [5, 5.41) is 11.8. The second kappa shape index (κ2) is 6.44. The van der Waals surface area contributed by atoms with Crippen molar-refractivity contribution in [2.75, 3.05) is 19.7 Å². The summed E-state index contributed by atoms with van der Waals surface area (Å²) < 4.78 is 0. The second-order valence-electron chi connectivity index (χ2n) is 4.42. The van der Waals surface area contributed by atoms with Gasteiger partial charge in [0.2, 0.25) is 5.91 Å². The van der Waals surface area contributed by atoms with Crippen LogP contribution in [0.2, 0.25) is 0 Å². The van der Waals surface area contributed by atoms with E-state index in [4.69, 9.17) is 10.8 Å². The first-order valence-corrected chi connectivity index (χ1v) is 6.04. The third-order valence-corrected chi connectivity index (χ3v) is 3.16. The Labute approximate surface area is 101 Å². The maximum absolute atomic E-state index is 11.9. The van der Waals surface area contributed by atoms with Gasteiger partial charge in [-0.25, -0.2) is 4.79 Å². The van der Waals surface area contributed by atoms with E-state index in [1.54, 1.807) is 0 Å². The molecule has 0 saturated carbocycles. The molecule has 3 amide bonds. The molecule has 6 nitrogen and oxygen atoms in total. The number of primary amides is 1. The number of aliphatic hydroxyl groups is 1. The normalized spacial score (nSPS) is 22.0. The van der Waals surface area contributed by atoms with Crippen molar-refractivity contribution >= 4 is 11.9 Å². The van der Waals surface area contributed by atoms with Gasteiger partial charge in [-0.05, 0) is 19.3 Å². The number of piperidine rings is 1. The van der Waals surface area contributed by atoms with Gasteiger partial charge < -0.3 is 21.1 Å². The molecule has 1 aliphatic rings. The maximum atomic E-state index is 11.9. The molecular formula is C11H21N3O3. The molecule has 2 atom stereocenters. The quantitative estimate of drug-likeness (QED) is 0.630. The van der Waals surface area contributed by atoms with Gasteiger partial charge in [0.1, 0.15) is 0 Å². The molecule has 0 radical (unpaired) electrons. The SMILES string of the molecule is CC[C@@H](CO)NC(=O)C1CCCN(C(N)=O)C1. The van der Waals surface area contributed by atoms with E-state index in [2.05, 4.69) is 5.32 Å². The number of carbonyl (C=O) groups excluding carboxylic acids is 2. The number of aliphatic hydroxyl groups excluding tert-OH is 1. The molecule has 4 N–H and O–H groups in total. The maximum Gasteiger partial charge on any atom is 0.314 e. The van der Waals surface area contributed by atoms with Crippen LogP contribution < -0.4 is 11.1 Å². The third kappa shape index (κ3) is 3.89. The Bertz CT molecular complexity index is 279. The van der Waals surface area contributed by atoms with Crippen LogP contribution in [0.4, 0.5) is 4.79 Å². The Morgan fingerprint density at radius 3 is 2.82 bits per heavy atom. The van der Waals surface area contributed by atoms with Crippen molar-refractivity contribution in [2.45, 2.75) is 32.2 Å². The highest BCUT2D eigenvalue weighted by Crippen LogP contribution is 2.16. The van der Waals surface area contributed by atoms with Crippen molar-refractivity contribution in [2.24, 2.45) is 11.7 Å². The number of nitrogens with one attached hydrogen (secondary N) is 1. The Morgan fingerprint density at radius 1 is 1.59 bits per heavy atom. The van der Waals surface area contributed by atoms with Crippen LogP contribution in [0.5, 0.6) is 0 Å². The number of hydrogen-bond acceptors (Lipinski definition) is 3. The summed E-state index contributed by atoms with van der Waals surface area (Å²) in [6.45, 7) is 2.84. The Hall–Kier alpha value is -1.30. The van der Waals surface area contributed by atoms with Gasteiger partial charge in [-0.2, -0.15) is 0 Å². The summed E-state index contributed by atoms with van der Waals surface area (Å²) in [6, 6.07) is -0.678. The molecule has 0 aromatic rings. The van der Waals surface area contributed by atoms with Gasteiger partial charge >= 0.3 is 6.03 Å². The number of nitrogens with zero attached hydrogens (tertiary/aromatic N) is 1. The largest absolute Gasteiger partial charge is 0.394 e. The van der Waals surface area contributed by atoms with Crippen LogP contribution in [-0.2, 0) is 4.79 Å². The van der Waals surface area contributed by atoms with Gasteiger partial charge in [0, 0.05) is 13.1 Å². The summed E-state index contributed by atoms with van der Waals surface area (Å²) in [5.74, 6) is -0.311. The minimum absolute atomic E-state index is 0.0610. The van der Waals surface area contributed by atoms with Gasteiger partial charge in [0.15, 0.2) is 0 Å². The summed E-state index contributed by atoms with van der Waals surface area (Å²) in [4.78, 5) is 24.4. The molecule has 1 aliphatic heterocycles. The van der Waals surface area contributed by atoms with E-state index < -0.39 is 6.03 Å². The van der Waals surface area contributed by atoms with Crippen molar-refractivity contribution in [1.29, 1.82) is 0 Å². The zero-order chi connectivity index (χ0) is 12.8. The number of amides is 3. The summed E-state index contributed by atoms with van der Waals surface area (Å²) >= 11 is 0. The molecule has 0 bridgehead atoms. The van der Waals surface area contributed by atoms with Crippen LogP contribution in [0, 0.1) is 5.92 Å². The third-order valence-electron chi connectivity index (χ3n) is 3.16. The van der Waals surface area contributed by atoms with Gasteiger partial charge in [-0.15, -0.1) is 0 Å². The predicted octanol–water partition coefficient (Wildman–Crippen LogP) is -0.336. The molecule has 98 valence electrons. The fourth-order valence-electron chi connectivity index (χ4n) is 1.99. The Kier molecular flexibility index (Phi) is 5.21. The molecule has 0 aromatic carbocycles. The van der Waals surface area contributed by atoms with Crippen molar-refractivity contribution in [1.82, 2.24) is 10.2 Å². The first-order chi connectivity index (χ1) is 8.08. The van der Waals surface area contributed by atoms with Crippen molar-refractivity contribution in [3.8, 4) is 0 Å². The molecular weight excluding hydrogens is 222 g/mol. The average molecular weight is 243 g/mol. The van der Waals surface area contributed by atoms with Crippen molar-refractivity contribution < 1.29 is 14.7 Å². The molecule has 1 saturated heterocycles. The number of rotatable bonds is 4. The van der Waals surface area contributed by atoms with E-state index >= 15 is 0 Å². The average Bonchev–Trinajstić information content (AvgIpc) is 2.35. The van der Waals surface area contributed by atoms with Crippen LogP contribution >= 0.6 is 0 Å². The predicted molar refractivity (Wildman–Crippen MR) is 63.2 cm³/mol. The minimum Gasteiger partial charge on any atom is -0.394 e. The lowest BCUT2D eigenvalue weighted by Crippen LogP contribution is -2.49. The zero-order valence-electron chi connectivity index (χ0n) is 10.2. The number of hydrogen-bond donors (Lipinski definition) is 3. The Balaban J connectivity index is 2.48. The van der Waals surface area contributed by atoms with Gasteiger partial charge in [0.25, 0.3) is 0 Å². The van der Waals surface area contributed by atoms with Crippen LogP contribution in [0.3, 0.4) is 0 Å².